The van der Waals surface area contributed by atoms with Crippen molar-refractivity contribution in [1.29, 1.82) is 0 Å². The predicted octanol–water partition coefficient (Wildman–Crippen LogP) is 3.59. The lowest BCUT2D eigenvalue weighted by atomic mass is 10.1. The van der Waals surface area contributed by atoms with E-state index < -0.39 is 0 Å². The Kier molecular flexibility index (Phi) is 3.78. The number of halogens is 1. The van der Waals surface area contributed by atoms with Crippen LogP contribution in [0.3, 0.4) is 0 Å². The van der Waals surface area contributed by atoms with Crippen LogP contribution in [0.2, 0.25) is 0 Å². The van der Waals surface area contributed by atoms with Gasteiger partial charge >= 0.3 is 0 Å². The van der Waals surface area contributed by atoms with Gasteiger partial charge in [0.05, 0.1) is 1.37 Å². The first-order valence-electron chi connectivity index (χ1n) is 5.21. The molecule has 0 spiro atoms. The minimum absolute atomic E-state index is 0.360. The molecule has 0 fully saturated rings. The Morgan fingerprint density at radius 3 is 2.79 bits per heavy atom. The lowest BCUT2D eigenvalue weighted by molar-refractivity contribution is 0.288. The summed E-state index contributed by atoms with van der Waals surface area (Å²) in [4.78, 5) is 2.20. The highest BCUT2D eigenvalue weighted by molar-refractivity contribution is 9.11. The van der Waals surface area contributed by atoms with E-state index in [1.807, 2.05) is 6.07 Å². The first kappa shape index (κ1) is 9.94. The Morgan fingerprint density at radius 1 is 1.57 bits per heavy atom. The van der Waals surface area contributed by atoms with E-state index in [0.29, 0.717) is 6.04 Å². The second-order valence-electron chi connectivity index (χ2n) is 3.45. The largest absolute Gasteiger partial charge is 0.295 e. The van der Waals surface area contributed by atoms with Crippen LogP contribution in [-0.2, 0) is 0 Å². The van der Waals surface area contributed by atoms with E-state index >= 15 is 0 Å². The van der Waals surface area contributed by atoms with Crippen molar-refractivity contribution in [2.45, 2.75) is 13.0 Å². The quantitative estimate of drug-likeness (QED) is 0.794. The topological polar surface area (TPSA) is 3.24 Å². The third-order valence-corrected chi connectivity index (χ3v) is 2.59. The zero-order valence-electron chi connectivity index (χ0n) is 9.57. The van der Waals surface area contributed by atoms with Crippen LogP contribution >= 0.6 is 15.9 Å². The average Bonchev–Trinajstić information content (AvgIpc) is 2.29. The van der Waals surface area contributed by atoms with Gasteiger partial charge in [0.2, 0.25) is 0 Å². The predicted molar refractivity (Wildman–Crippen MR) is 65.6 cm³/mol. The van der Waals surface area contributed by atoms with E-state index in [-0.39, 0.29) is 0 Å². The summed E-state index contributed by atoms with van der Waals surface area (Å²) in [6, 6.07) is 10.7. The molecule has 14 heavy (non-hydrogen) atoms. The Labute approximate surface area is 96.0 Å². The summed E-state index contributed by atoms with van der Waals surface area (Å²) in [6.07, 6.45) is 0. The van der Waals surface area contributed by atoms with Gasteiger partial charge in [-0.05, 0) is 19.5 Å². The molecule has 0 aromatic heterocycles. The molecule has 0 unspecified atom stereocenters. The van der Waals surface area contributed by atoms with Crippen LogP contribution in [0.4, 0.5) is 0 Å². The van der Waals surface area contributed by atoms with Gasteiger partial charge in [0.25, 0.3) is 0 Å². The first-order chi connectivity index (χ1) is 7.15. The van der Waals surface area contributed by atoms with Gasteiger partial charge in [-0.15, -0.1) is 0 Å². The number of nitrogens with zero attached hydrogens (tertiary/aromatic N) is 1. The van der Waals surface area contributed by atoms with Gasteiger partial charge in [0.15, 0.2) is 0 Å². The molecule has 76 valence electrons. The fraction of sp³-hybridized carbons (Fsp3) is 0.333. The highest BCUT2D eigenvalue weighted by Gasteiger charge is 2.10. The Balaban J connectivity index is 2.65. The van der Waals surface area contributed by atoms with Crippen LogP contribution in [0.1, 0.15) is 19.9 Å². The van der Waals surface area contributed by atoms with Crippen molar-refractivity contribution >= 4 is 15.9 Å². The molecule has 0 aliphatic carbocycles. The van der Waals surface area contributed by atoms with Crippen molar-refractivity contribution in [2.24, 2.45) is 0 Å². The molecule has 0 saturated heterocycles. The highest BCUT2D eigenvalue weighted by atomic mass is 79.9. The summed E-state index contributed by atoms with van der Waals surface area (Å²) >= 11 is 3.35. The minimum Gasteiger partial charge on any atom is -0.295 e. The zero-order valence-corrected chi connectivity index (χ0v) is 10.2. The summed E-state index contributed by atoms with van der Waals surface area (Å²) in [7, 11) is 2.06. The van der Waals surface area contributed by atoms with Crippen LogP contribution in [0.25, 0.3) is 0 Å². The van der Waals surface area contributed by atoms with Gasteiger partial charge in [-0.2, -0.15) is 0 Å². The summed E-state index contributed by atoms with van der Waals surface area (Å²) < 4.78 is 8.01. The molecule has 0 bridgehead atoms. The summed E-state index contributed by atoms with van der Waals surface area (Å²) in [5.74, 6) is 0. The second-order valence-corrected chi connectivity index (χ2v) is 4.47. The minimum atomic E-state index is 0.360. The fourth-order valence-electron chi connectivity index (χ4n) is 1.36. The van der Waals surface area contributed by atoms with Gasteiger partial charge in [0.1, 0.15) is 0 Å². The monoisotopic (exact) mass is 254 g/mol. The van der Waals surface area contributed by atoms with Crippen molar-refractivity contribution in [3.05, 3.63) is 46.9 Å². The number of rotatable bonds is 4. The Hall–Kier alpha value is -0.600. The van der Waals surface area contributed by atoms with Crippen molar-refractivity contribution in [2.75, 3.05) is 13.6 Å². The standard InChI is InChI=1S/C12H16BrN/c1-10(13)9-14(3)11(2)12-7-5-4-6-8-12/h4-8,11H,1,9H2,2-3H3/t11-/m0/s1/i1D. The van der Waals surface area contributed by atoms with Crippen LogP contribution in [0, 0.1) is 0 Å². The van der Waals surface area contributed by atoms with Gasteiger partial charge in [0, 0.05) is 17.1 Å². The number of benzene rings is 1. The van der Waals surface area contributed by atoms with Gasteiger partial charge in [-0.3, -0.25) is 4.90 Å². The third-order valence-electron chi connectivity index (χ3n) is 2.34. The maximum atomic E-state index is 7.11. The molecule has 0 aliphatic heterocycles. The lowest BCUT2D eigenvalue weighted by Gasteiger charge is -2.24. The molecule has 1 rings (SSSR count). The van der Waals surface area contributed by atoms with Crippen LogP contribution in [0.15, 0.2) is 41.4 Å². The first-order valence-corrected chi connectivity index (χ1v) is 5.42. The molecule has 0 aliphatic rings. The van der Waals surface area contributed by atoms with Gasteiger partial charge < -0.3 is 0 Å². The van der Waals surface area contributed by atoms with Crippen LogP contribution < -0.4 is 0 Å². The molecule has 0 heterocycles. The second kappa shape index (κ2) is 5.32. The smallest absolute Gasteiger partial charge is 0.0547 e. The summed E-state index contributed by atoms with van der Waals surface area (Å²) in [5, 5.41) is 0. The number of hydrogen-bond donors (Lipinski definition) is 0. The molecule has 0 saturated carbocycles. The maximum absolute atomic E-state index is 7.11. The molecule has 0 radical (unpaired) electrons. The lowest BCUT2D eigenvalue weighted by Crippen LogP contribution is -2.23. The summed E-state index contributed by atoms with van der Waals surface area (Å²) in [6.45, 7) is 4.27. The Bertz CT molecular complexity index is 324. The van der Waals surface area contributed by atoms with Crippen LogP contribution in [0.5, 0.6) is 0 Å². The Morgan fingerprint density at radius 2 is 2.21 bits per heavy atom. The number of likely N-dealkylation sites (N-methyl/N-ethyl adjacent to an activating group) is 1. The van der Waals surface area contributed by atoms with E-state index in [1.54, 1.807) is 0 Å². The van der Waals surface area contributed by atoms with Crippen molar-refractivity contribution in [1.82, 2.24) is 4.90 Å². The van der Waals surface area contributed by atoms with Crippen molar-refractivity contribution in [3.63, 3.8) is 0 Å². The fourth-order valence-corrected chi connectivity index (χ4v) is 1.76. The van der Waals surface area contributed by atoms with E-state index in [1.165, 1.54) is 12.1 Å². The maximum Gasteiger partial charge on any atom is 0.0547 e. The molecule has 1 aromatic carbocycles. The molecule has 1 aromatic rings. The average molecular weight is 255 g/mol. The molecule has 0 amide bonds. The van der Waals surface area contributed by atoms with E-state index in [0.717, 1.165) is 11.0 Å². The van der Waals surface area contributed by atoms with Crippen LogP contribution in [-0.4, -0.2) is 18.5 Å². The molecule has 2 heteroatoms. The normalized spacial score (nSPS) is 15.4. The van der Waals surface area contributed by atoms with Gasteiger partial charge in [-0.1, -0.05) is 52.8 Å². The molecule has 1 atom stereocenters. The van der Waals surface area contributed by atoms with E-state index in [4.69, 9.17) is 1.37 Å². The summed E-state index contributed by atoms with van der Waals surface area (Å²) in [5.41, 5.74) is 1.30. The van der Waals surface area contributed by atoms with Gasteiger partial charge in [-0.25, -0.2) is 0 Å². The SMILES string of the molecule is [2H]C=C(Br)CN(C)[C@@H](C)c1ccccc1. The molecular formula is C12H16BrN. The van der Waals surface area contributed by atoms with Crippen molar-refractivity contribution in [3.8, 4) is 0 Å². The zero-order chi connectivity index (χ0) is 11.3. The molecule has 0 N–H and O–H groups in total. The third kappa shape index (κ3) is 3.28. The van der Waals surface area contributed by atoms with E-state index in [9.17, 15) is 0 Å². The highest BCUT2D eigenvalue weighted by Crippen LogP contribution is 2.19. The van der Waals surface area contributed by atoms with E-state index in [2.05, 4.69) is 59.1 Å². The van der Waals surface area contributed by atoms with Crippen molar-refractivity contribution < 1.29 is 1.37 Å². The number of hydrogen-bond acceptors (Lipinski definition) is 1. The molecular weight excluding hydrogens is 238 g/mol. The molecule has 1 nitrogen and oxygen atoms in total.